The number of rotatable bonds is 2. The van der Waals surface area contributed by atoms with Crippen LogP contribution in [0.25, 0.3) is 11.1 Å². The molecule has 1 heterocycles. The molecular formula is C18H17N3O3S. The summed E-state index contributed by atoms with van der Waals surface area (Å²) >= 11 is 0. The molecule has 1 unspecified atom stereocenters. The average Bonchev–Trinajstić information content (AvgIpc) is 2.52. The maximum atomic E-state index is 12.5. The summed E-state index contributed by atoms with van der Waals surface area (Å²) in [6.07, 6.45) is 0. The molecule has 6 nitrogen and oxygen atoms in total. The number of ether oxygens (including phenoxy) is 1. The highest BCUT2D eigenvalue weighted by atomic mass is 32.2. The fourth-order valence-corrected chi connectivity index (χ4v) is 4.78. The molecule has 0 saturated carbocycles. The van der Waals surface area contributed by atoms with Gasteiger partial charge >= 0.3 is 0 Å². The van der Waals surface area contributed by atoms with E-state index in [4.69, 9.17) is 10.5 Å². The maximum Gasteiger partial charge on any atom is 0.298 e. The summed E-state index contributed by atoms with van der Waals surface area (Å²) in [7, 11) is -3.84. The first-order chi connectivity index (χ1) is 11.7. The van der Waals surface area contributed by atoms with E-state index in [1.165, 1.54) is 0 Å². The molecule has 2 aromatic carbocycles. The first kappa shape index (κ1) is 17.0. The van der Waals surface area contributed by atoms with Crippen molar-refractivity contribution in [2.24, 2.45) is 10.1 Å². The van der Waals surface area contributed by atoms with Gasteiger partial charge in [0.2, 0.25) is 0 Å². The fourth-order valence-electron chi connectivity index (χ4n) is 3.12. The zero-order valence-corrected chi connectivity index (χ0v) is 14.6. The van der Waals surface area contributed by atoms with Crippen molar-refractivity contribution in [3.05, 3.63) is 59.7 Å². The van der Waals surface area contributed by atoms with E-state index in [9.17, 15) is 13.7 Å². The molecule has 1 aliphatic heterocycles. The molecule has 0 saturated heterocycles. The smallest absolute Gasteiger partial charge is 0.298 e. The van der Waals surface area contributed by atoms with Gasteiger partial charge in [-0.05, 0) is 36.6 Å². The predicted molar refractivity (Wildman–Crippen MR) is 95.0 cm³/mol. The van der Waals surface area contributed by atoms with E-state index in [2.05, 4.69) is 10.5 Å². The lowest BCUT2D eigenvalue weighted by Crippen LogP contribution is -2.45. The molecule has 0 fully saturated rings. The normalized spacial score (nSPS) is 20.8. The number of nitrogens with two attached hydrogens (primary N) is 1. The molecular weight excluding hydrogens is 338 g/mol. The molecule has 0 amide bonds. The molecule has 0 spiro atoms. The van der Waals surface area contributed by atoms with Crippen molar-refractivity contribution in [2.45, 2.75) is 24.7 Å². The maximum absolute atomic E-state index is 12.5. The van der Waals surface area contributed by atoms with Gasteiger partial charge in [-0.3, -0.25) is 0 Å². The zero-order chi connectivity index (χ0) is 18.2. The third kappa shape index (κ3) is 3.08. The highest BCUT2D eigenvalue weighted by molar-refractivity contribution is 7.90. The van der Waals surface area contributed by atoms with Gasteiger partial charge in [0.05, 0.1) is 11.6 Å². The second-order valence-electron chi connectivity index (χ2n) is 6.31. The second-order valence-corrected chi connectivity index (χ2v) is 7.99. The van der Waals surface area contributed by atoms with Gasteiger partial charge in [-0.1, -0.05) is 42.5 Å². The topological polar surface area (TPSA) is 106 Å². The minimum atomic E-state index is -3.84. The average molecular weight is 355 g/mol. The number of hydrogen-bond acceptors (Lipinski definition) is 5. The monoisotopic (exact) mass is 355 g/mol. The summed E-state index contributed by atoms with van der Waals surface area (Å²) in [4.78, 5) is 0. The molecule has 7 heteroatoms. The molecule has 1 atom stereocenters. The van der Waals surface area contributed by atoms with Crippen molar-refractivity contribution in [3.8, 4) is 17.2 Å². The van der Waals surface area contributed by atoms with Crippen LogP contribution < -0.4 is 5.73 Å². The summed E-state index contributed by atoms with van der Waals surface area (Å²) in [6, 6.07) is 16.1. The molecule has 3 rings (SSSR count). The van der Waals surface area contributed by atoms with Crippen LogP contribution in [0.4, 0.5) is 0 Å². The number of sulfonamides is 1. The van der Waals surface area contributed by atoms with Gasteiger partial charge < -0.3 is 10.5 Å². The van der Waals surface area contributed by atoms with Crippen molar-refractivity contribution in [2.75, 3.05) is 0 Å². The zero-order valence-electron chi connectivity index (χ0n) is 13.8. The Hall–Kier alpha value is -2.85. The van der Waals surface area contributed by atoms with Crippen LogP contribution in [0, 0.1) is 11.3 Å². The van der Waals surface area contributed by atoms with E-state index < -0.39 is 20.9 Å². The summed E-state index contributed by atoms with van der Waals surface area (Å²) in [5.41, 5.74) is 7.17. The van der Waals surface area contributed by atoms with Gasteiger partial charge in [0.25, 0.3) is 16.0 Å². The van der Waals surface area contributed by atoms with Crippen LogP contribution in [0.2, 0.25) is 0 Å². The lowest BCUT2D eigenvalue weighted by atomic mass is 9.94. The molecule has 2 N–H and O–H groups in total. The first-order valence-electron chi connectivity index (χ1n) is 7.62. The van der Waals surface area contributed by atoms with E-state index in [-0.39, 0.29) is 6.02 Å². The number of nitriles is 1. The van der Waals surface area contributed by atoms with Gasteiger partial charge in [-0.2, -0.15) is 5.26 Å². The summed E-state index contributed by atoms with van der Waals surface area (Å²) in [6.45, 7) is 3.32. The van der Waals surface area contributed by atoms with Crippen LogP contribution in [0.5, 0.6) is 0 Å². The van der Waals surface area contributed by atoms with Crippen molar-refractivity contribution < 1.29 is 13.2 Å². The van der Waals surface area contributed by atoms with E-state index in [1.807, 2.05) is 12.1 Å². The minimum Gasteiger partial charge on any atom is -0.457 e. The summed E-state index contributed by atoms with van der Waals surface area (Å²) in [5.74, 6) is 0. The fraction of sp³-hybridized carbons (Fsp3) is 0.222. The Labute approximate surface area is 146 Å². The summed E-state index contributed by atoms with van der Waals surface area (Å²) in [5, 5.41) is 8.26. The highest BCUT2D eigenvalue weighted by Crippen LogP contribution is 2.40. The van der Waals surface area contributed by atoms with Gasteiger partial charge in [0, 0.05) is 0 Å². The standard InChI is InChI=1S/C18H17N3O3S/c1-18(2)16(25(22,23)21-17(20)24-18)13-9-7-12(8-10-13)15-6-4-3-5-14(15)11-19/h3-10,16H,1-2H3,(H2,20,21). The SMILES string of the molecule is CC1(C)OC(N)=NS(=O)(=O)C1c1ccc(-c2ccccc2C#N)cc1. The van der Waals surface area contributed by atoms with Crippen LogP contribution in [0.3, 0.4) is 0 Å². The Balaban J connectivity index is 2.05. The minimum absolute atomic E-state index is 0.346. The van der Waals surface area contributed by atoms with E-state index in [0.29, 0.717) is 11.1 Å². The molecule has 1 aliphatic rings. The lowest BCUT2D eigenvalue weighted by Gasteiger charge is -2.36. The first-order valence-corrected chi connectivity index (χ1v) is 9.13. The summed E-state index contributed by atoms with van der Waals surface area (Å²) < 4.78 is 33.9. The van der Waals surface area contributed by atoms with Gasteiger partial charge in [-0.15, -0.1) is 4.40 Å². The number of benzene rings is 2. The van der Waals surface area contributed by atoms with Gasteiger partial charge in [0.1, 0.15) is 10.9 Å². The quantitative estimate of drug-likeness (QED) is 0.891. The third-order valence-corrected chi connectivity index (χ3v) is 5.96. The molecule has 0 bridgehead atoms. The highest BCUT2D eigenvalue weighted by Gasteiger charge is 2.46. The number of hydrogen-bond donors (Lipinski definition) is 1. The predicted octanol–water partition coefficient (Wildman–Crippen LogP) is 2.72. The third-order valence-electron chi connectivity index (χ3n) is 4.09. The number of nitrogens with zero attached hydrogens (tertiary/aromatic N) is 2. The van der Waals surface area contributed by atoms with Crippen molar-refractivity contribution in [1.82, 2.24) is 0 Å². The van der Waals surface area contributed by atoms with E-state index in [1.54, 1.807) is 50.2 Å². The lowest BCUT2D eigenvalue weighted by molar-refractivity contribution is 0.0827. The van der Waals surface area contributed by atoms with Crippen LogP contribution in [-0.4, -0.2) is 20.0 Å². The van der Waals surface area contributed by atoms with Crippen LogP contribution >= 0.6 is 0 Å². The van der Waals surface area contributed by atoms with Crippen LogP contribution in [0.15, 0.2) is 52.9 Å². The molecule has 2 aromatic rings. The Bertz CT molecular complexity index is 987. The van der Waals surface area contributed by atoms with E-state index >= 15 is 0 Å². The second kappa shape index (κ2) is 5.90. The van der Waals surface area contributed by atoms with Gasteiger partial charge in [0.15, 0.2) is 0 Å². The molecule has 25 heavy (non-hydrogen) atoms. The Morgan fingerprint density at radius 1 is 1.16 bits per heavy atom. The Morgan fingerprint density at radius 2 is 1.80 bits per heavy atom. The Kier molecular flexibility index (Phi) is 4.01. The molecule has 0 aromatic heterocycles. The van der Waals surface area contributed by atoms with E-state index in [0.717, 1.165) is 11.1 Å². The molecule has 128 valence electrons. The van der Waals surface area contributed by atoms with Crippen molar-refractivity contribution in [1.29, 1.82) is 5.26 Å². The van der Waals surface area contributed by atoms with Crippen LogP contribution in [0.1, 0.15) is 30.2 Å². The van der Waals surface area contributed by atoms with Crippen molar-refractivity contribution in [3.63, 3.8) is 0 Å². The largest absolute Gasteiger partial charge is 0.457 e. The van der Waals surface area contributed by atoms with Crippen molar-refractivity contribution >= 4 is 16.0 Å². The number of amidine groups is 1. The molecule has 0 aliphatic carbocycles. The Morgan fingerprint density at radius 3 is 2.40 bits per heavy atom. The molecule has 0 radical (unpaired) electrons. The van der Waals surface area contributed by atoms with Crippen LogP contribution in [-0.2, 0) is 14.8 Å². The van der Waals surface area contributed by atoms with Gasteiger partial charge in [-0.25, -0.2) is 8.42 Å².